The van der Waals surface area contributed by atoms with E-state index in [1.54, 1.807) is 6.07 Å². The fraction of sp³-hybridized carbons (Fsp3) is 0.533. The lowest BCUT2D eigenvalue weighted by molar-refractivity contribution is 0.0319. The number of unbranched alkanes of at least 4 members (excludes halogenated alkanes) is 3. The van der Waals surface area contributed by atoms with Gasteiger partial charge in [0.15, 0.2) is 0 Å². The van der Waals surface area contributed by atoms with Gasteiger partial charge in [-0.15, -0.1) is 0 Å². The molecule has 0 aliphatic heterocycles. The van der Waals surface area contributed by atoms with E-state index in [-0.39, 0.29) is 17.5 Å². The monoisotopic (exact) mass is 265 g/mol. The second-order valence-corrected chi connectivity index (χ2v) is 4.84. The smallest absolute Gasteiger partial charge is 0.338 e. The summed E-state index contributed by atoms with van der Waals surface area (Å²) in [4.78, 5) is 11.8. The predicted molar refractivity (Wildman–Crippen MR) is 76.2 cm³/mol. The van der Waals surface area contributed by atoms with Crippen LogP contribution in [0.2, 0.25) is 0 Å². The van der Waals surface area contributed by atoms with Gasteiger partial charge < -0.3 is 15.6 Å². The molecule has 0 saturated carbocycles. The van der Waals surface area contributed by atoms with Crippen molar-refractivity contribution in [3.63, 3.8) is 0 Å². The first kappa shape index (κ1) is 15.3. The van der Waals surface area contributed by atoms with E-state index in [0.29, 0.717) is 5.56 Å². The Labute approximate surface area is 114 Å². The fourth-order valence-electron chi connectivity index (χ4n) is 1.84. The first-order chi connectivity index (χ1) is 9.04. The number of carbonyl (C=O) groups excluding carboxylic acids is 1. The average Bonchev–Trinajstić information content (AvgIpc) is 2.38. The Morgan fingerprint density at radius 1 is 1.37 bits per heavy atom. The number of esters is 1. The minimum absolute atomic E-state index is 0.0925. The molecule has 0 saturated heterocycles. The summed E-state index contributed by atoms with van der Waals surface area (Å²) in [5.41, 5.74) is 6.06. The van der Waals surface area contributed by atoms with Crippen molar-refractivity contribution in [2.75, 3.05) is 5.73 Å². The molecular formula is C15H23NO3. The number of carbonyl (C=O) groups is 1. The Morgan fingerprint density at radius 3 is 2.74 bits per heavy atom. The van der Waals surface area contributed by atoms with E-state index >= 15 is 0 Å². The number of anilines is 1. The minimum Gasteiger partial charge on any atom is -0.506 e. The van der Waals surface area contributed by atoms with Crippen LogP contribution < -0.4 is 5.73 Å². The van der Waals surface area contributed by atoms with Crippen molar-refractivity contribution >= 4 is 11.7 Å². The molecule has 0 spiro atoms. The van der Waals surface area contributed by atoms with Gasteiger partial charge in [-0.2, -0.15) is 0 Å². The summed E-state index contributed by atoms with van der Waals surface area (Å²) in [6.45, 7) is 4.05. The van der Waals surface area contributed by atoms with Crippen LogP contribution in [0.4, 0.5) is 5.69 Å². The van der Waals surface area contributed by atoms with Crippen LogP contribution in [0, 0.1) is 0 Å². The van der Waals surface area contributed by atoms with Crippen LogP contribution in [0.25, 0.3) is 0 Å². The van der Waals surface area contributed by atoms with Crippen LogP contribution in [-0.4, -0.2) is 17.2 Å². The molecule has 0 aliphatic carbocycles. The summed E-state index contributed by atoms with van der Waals surface area (Å²) >= 11 is 0. The maximum Gasteiger partial charge on any atom is 0.338 e. The van der Waals surface area contributed by atoms with Gasteiger partial charge in [0, 0.05) is 0 Å². The van der Waals surface area contributed by atoms with E-state index in [0.717, 1.165) is 12.8 Å². The van der Waals surface area contributed by atoms with Crippen LogP contribution in [0.5, 0.6) is 5.75 Å². The van der Waals surface area contributed by atoms with E-state index in [4.69, 9.17) is 10.5 Å². The van der Waals surface area contributed by atoms with Gasteiger partial charge in [0.05, 0.1) is 17.4 Å². The van der Waals surface area contributed by atoms with Crippen molar-refractivity contribution in [3.8, 4) is 5.75 Å². The summed E-state index contributed by atoms with van der Waals surface area (Å²) in [6, 6.07) is 4.39. The number of nitrogen functional groups attached to an aromatic ring is 1. The second kappa shape index (κ2) is 7.67. The third-order valence-corrected chi connectivity index (χ3v) is 3.04. The standard InChI is InChI=1S/C15H23NO3/c1-3-4-5-6-7-11(2)19-15(18)12-8-9-13(16)14(17)10-12/h8-11,17H,3-7,16H2,1-2H3. The summed E-state index contributed by atoms with van der Waals surface area (Å²) in [7, 11) is 0. The first-order valence-corrected chi connectivity index (χ1v) is 6.84. The van der Waals surface area contributed by atoms with E-state index in [9.17, 15) is 9.90 Å². The number of aromatic hydroxyl groups is 1. The lowest BCUT2D eigenvalue weighted by Gasteiger charge is -2.13. The van der Waals surface area contributed by atoms with E-state index in [1.165, 1.54) is 31.4 Å². The molecular weight excluding hydrogens is 242 g/mol. The largest absolute Gasteiger partial charge is 0.506 e. The topological polar surface area (TPSA) is 72.5 Å². The zero-order valence-electron chi connectivity index (χ0n) is 11.7. The third-order valence-electron chi connectivity index (χ3n) is 3.04. The quantitative estimate of drug-likeness (QED) is 0.342. The van der Waals surface area contributed by atoms with E-state index < -0.39 is 5.97 Å². The molecule has 4 heteroatoms. The first-order valence-electron chi connectivity index (χ1n) is 6.84. The molecule has 0 fully saturated rings. The zero-order chi connectivity index (χ0) is 14.3. The molecule has 1 rings (SSSR count). The Bertz CT molecular complexity index is 418. The molecule has 3 N–H and O–H groups in total. The lowest BCUT2D eigenvalue weighted by Crippen LogP contribution is -2.15. The number of phenols is 1. The van der Waals surface area contributed by atoms with Gasteiger partial charge in [-0.25, -0.2) is 4.79 Å². The van der Waals surface area contributed by atoms with Crippen molar-refractivity contribution in [3.05, 3.63) is 23.8 Å². The normalized spacial score (nSPS) is 12.1. The number of hydrogen-bond acceptors (Lipinski definition) is 4. The fourth-order valence-corrected chi connectivity index (χ4v) is 1.84. The summed E-state index contributed by atoms with van der Waals surface area (Å²) in [5.74, 6) is -0.511. The number of hydrogen-bond donors (Lipinski definition) is 2. The zero-order valence-corrected chi connectivity index (χ0v) is 11.7. The number of ether oxygens (including phenoxy) is 1. The van der Waals surface area contributed by atoms with E-state index in [2.05, 4.69) is 6.92 Å². The Kier molecular flexibility index (Phi) is 6.19. The second-order valence-electron chi connectivity index (χ2n) is 4.84. The summed E-state index contributed by atoms with van der Waals surface area (Å²) < 4.78 is 5.32. The lowest BCUT2D eigenvalue weighted by atomic mass is 10.1. The van der Waals surface area contributed by atoms with Gasteiger partial charge in [0.1, 0.15) is 5.75 Å². The molecule has 19 heavy (non-hydrogen) atoms. The Hall–Kier alpha value is -1.71. The summed E-state index contributed by atoms with van der Waals surface area (Å²) in [6.07, 6.45) is 5.40. The van der Waals surface area contributed by atoms with Gasteiger partial charge >= 0.3 is 5.97 Å². The Balaban J connectivity index is 2.43. The van der Waals surface area contributed by atoms with Crippen LogP contribution in [0.15, 0.2) is 18.2 Å². The van der Waals surface area contributed by atoms with Gasteiger partial charge in [-0.05, 0) is 38.0 Å². The minimum atomic E-state index is -0.418. The SMILES string of the molecule is CCCCCCC(C)OC(=O)c1ccc(N)c(O)c1. The molecule has 0 aliphatic rings. The highest BCUT2D eigenvalue weighted by Crippen LogP contribution is 2.21. The van der Waals surface area contributed by atoms with Crippen molar-refractivity contribution in [2.45, 2.75) is 52.1 Å². The molecule has 1 unspecified atom stereocenters. The van der Waals surface area contributed by atoms with Crippen molar-refractivity contribution in [1.29, 1.82) is 0 Å². The summed E-state index contributed by atoms with van der Waals surface area (Å²) in [5, 5.41) is 9.45. The van der Waals surface area contributed by atoms with Gasteiger partial charge in [0.25, 0.3) is 0 Å². The molecule has 0 aromatic heterocycles. The maximum absolute atomic E-state index is 11.8. The highest BCUT2D eigenvalue weighted by Gasteiger charge is 2.13. The Morgan fingerprint density at radius 2 is 2.11 bits per heavy atom. The predicted octanol–water partition coefficient (Wildman–Crippen LogP) is 3.49. The maximum atomic E-state index is 11.8. The van der Waals surface area contributed by atoms with Crippen LogP contribution in [0.3, 0.4) is 0 Å². The molecule has 0 amide bonds. The average molecular weight is 265 g/mol. The van der Waals surface area contributed by atoms with Crippen molar-refractivity contribution in [1.82, 2.24) is 0 Å². The molecule has 1 atom stereocenters. The molecule has 1 aromatic carbocycles. The molecule has 0 heterocycles. The number of nitrogens with two attached hydrogens (primary N) is 1. The highest BCUT2D eigenvalue weighted by atomic mass is 16.5. The molecule has 106 valence electrons. The number of rotatable bonds is 7. The molecule has 0 bridgehead atoms. The van der Waals surface area contributed by atoms with Gasteiger partial charge in [0.2, 0.25) is 0 Å². The van der Waals surface area contributed by atoms with Gasteiger partial charge in [-0.3, -0.25) is 0 Å². The third kappa shape index (κ3) is 5.20. The molecule has 4 nitrogen and oxygen atoms in total. The molecule has 1 aromatic rings. The van der Waals surface area contributed by atoms with Crippen LogP contribution in [-0.2, 0) is 4.74 Å². The van der Waals surface area contributed by atoms with Crippen LogP contribution >= 0.6 is 0 Å². The van der Waals surface area contributed by atoms with Gasteiger partial charge in [-0.1, -0.05) is 26.2 Å². The van der Waals surface area contributed by atoms with Crippen molar-refractivity contribution < 1.29 is 14.6 Å². The highest BCUT2D eigenvalue weighted by molar-refractivity contribution is 5.90. The van der Waals surface area contributed by atoms with Crippen LogP contribution in [0.1, 0.15) is 56.3 Å². The number of phenolic OH excluding ortho intramolecular Hbond substituents is 1. The molecule has 0 radical (unpaired) electrons. The van der Waals surface area contributed by atoms with E-state index in [1.807, 2.05) is 6.92 Å². The number of benzene rings is 1. The van der Waals surface area contributed by atoms with Crippen molar-refractivity contribution in [2.24, 2.45) is 0 Å².